The van der Waals surface area contributed by atoms with E-state index >= 15 is 0 Å². The Morgan fingerprint density at radius 1 is 0.152 bits per heavy atom. The summed E-state index contributed by atoms with van der Waals surface area (Å²) in [7, 11) is -7.77. The lowest BCUT2D eigenvalue weighted by Gasteiger charge is -2.39. The molecule has 0 aliphatic carbocycles. The minimum Gasteiger partial charge on any atom is -0.294 e. The third kappa shape index (κ3) is 11.8. The van der Waals surface area contributed by atoms with Gasteiger partial charge in [0.1, 0.15) is 11.6 Å². The van der Waals surface area contributed by atoms with Gasteiger partial charge in [-0.05, 0) is 133 Å². The van der Waals surface area contributed by atoms with Gasteiger partial charge in [0.05, 0.1) is 22.1 Å². The van der Waals surface area contributed by atoms with Gasteiger partial charge in [-0.25, -0.2) is 9.97 Å². The molecule has 526 valence electrons. The van der Waals surface area contributed by atoms with Crippen LogP contribution in [0.5, 0.6) is 0 Å². The molecule has 6 heteroatoms. The molecular weight excluding hydrogens is 1390 g/mol. The summed E-state index contributed by atoms with van der Waals surface area (Å²) >= 11 is 0. The Labute approximate surface area is 654 Å². The molecule has 0 amide bonds. The molecule has 0 unspecified atom stereocenters. The molecule has 3 heterocycles. The average Bonchev–Trinajstić information content (AvgIpc) is 1.45. The second kappa shape index (κ2) is 28.8. The molecule has 0 aliphatic heterocycles. The van der Waals surface area contributed by atoms with E-state index < -0.39 is 16.1 Å². The molecule has 0 bridgehead atoms. The second-order valence-electron chi connectivity index (χ2n) is 29.1. The van der Waals surface area contributed by atoms with E-state index in [9.17, 15) is 0 Å². The van der Waals surface area contributed by atoms with E-state index in [1.165, 1.54) is 41.5 Å². The number of aromatic nitrogens is 4. The molecule has 0 atom stereocenters. The second-order valence-corrected chi connectivity index (χ2v) is 36.7. The van der Waals surface area contributed by atoms with Crippen LogP contribution >= 0.6 is 0 Å². The van der Waals surface area contributed by atoms with Gasteiger partial charge in [0.25, 0.3) is 0 Å². The van der Waals surface area contributed by atoms with Crippen molar-refractivity contribution in [2.75, 3.05) is 0 Å². The number of hydrogen-bond donors (Lipinski definition) is 0. The van der Waals surface area contributed by atoms with E-state index in [-0.39, 0.29) is 0 Å². The van der Waals surface area contributed by atoms with Crippen LogP contribution < -0.4 is 41.5 Å². The minimum absolute atomic E-state index is 0.591. The molecule has 0 aliphatic rings. The van der Waals surface area contributed by atoms with E-state index in [2.05, 4.69) is 458 Å². The first-order chi connectivity index (χ1) is 55.5. The first-order valence-electron chi connectivity index (χ1n) is 38.5. The normalized spacial score (nSPS) is 11.8. The maximum absolute atomic E-state index is 6.19. The third-order valence-electron chi connectivity index (χ3n) is 22.8. The van der Waals surface area contributed by atoms with E-state index in [1.54, 1.807) is 0 Å². The number of rotatable bonds is 17. The fourth-order valence-electron chi connectivity index (χ4n) is 17.7. The van der Waals surface area contributed by atoms with Crippen LogP contribution in [0.1, 0.15) is 0 Å². The Kier molecular flexibility index (Phi) is 17.3. The Balaban J connectivity index is 1.01. The van der Waals surface area contributed by atoms with Gasteiger partial charge in [-0.2, -0.15) is 0 Å². The summed E-state index contributed by atoms with van der Waals surface area (Å²) < 4.78 is 4.74. The summed E-state index contributed by atoms with van der Waals surface area (Å²) in [5, 5.41) is 14.3. The molecule has 0 spiro atoms. The molecule has 3 aromatic heterocycles. The van der Waals surface area contributed by atoms with Crippen molar-refractivity contribution in [3.63, 3.8) is 0 Å². The highest BCUT2D eigenvalue weighted by atomic mass is 28.3. The molecule has 112 heavy (non-hydrogen) atoms. The first-order valence-corrected chi connectivity index (χ1v) is 42.5. The molecule has 0 saturated heterocycles. The maximum Gasteiger partial charge on any atom is 0.179 e. The van der Waals surface area contributed by atoms with Gasteiger partial charge in [-0.1, -0.05) is 419 Å². The Bertz CT molecular complexity index is 5960. The predicted octanol–water partition coefficient (Wildman–Crippen LogP) is 21.1. The van der Waals surface area contributed by atoms with Gasteiger partial charge in [-0.15, -0.1) is 0 Å². The van der Waals surface area contributed by atoms with Gasteiger partial charge >= 0.3 is 0 Å². The molecular formula is C106H74N4Si2. The van der Waals surface area contributed by atoms with Crippen molar-refractivity contribution in [1.82, 2.24) is 19.1 Å². The minimum atomic E-state index is -3.88. The zero-order valence-electron chi connectivity index (χ0n) is 61.5. The molecule has 0 radical (unpaired) electrons. The van der Waals surface area contributed by atoms with Crippen molar-refractivity contribution in [3.8, 4) is 89.8 Å². The van der Waals surface area contributed by atoms with Crippen LogP contribution in [0.2, 0.25) is 0 Å². The van der Waals surface area contributed by atoms with Crippen molar-refractivity contribution in [3.05, 3.63) is 449 Å². The summed E-state index contributed by atoms with van der Waals surface area (Å²) in [5.74, 6) is 2.09. The van der Waals surface area contributed by atoms with Gasteiger partial charge in [0.15, 0.2) is 22.0 Å². The molecule has 20 rings (SSSR count). The van der Waals surface area contributed by atoms with Crippen molar-refractivity contribution in [1.29, 1.82) is 0 Å². The predicted molar refractivity (Wildman–Crippen MR) is 476 cm³/mol. The summed E-state index contributed by atoms with van der Waals surface area (Å²) in [5.41, 5.74) is 18.8. The van der Waals surface area contributed by atoms with Crippen molar-refractivity contribution in [2.24, 2.45) is 0 Å². The molecule has 4 nitrogen and oxygen atoms in total. The summed E-state index contributed by atoms with van der Waals surface area (Å²) in [6.07, 6.45) is 0. The molecule has 0 fully saturated rings. The van der Waals surface area contributed by atoms with Gasteiger partial charge in [0, 0.05) is 33.2 Å². The lowest BCUT2D eigenvalue weighted by atomic mass is 10.1. The van der Waals surface area contributed by atoms with Crippen LogP contribution in [0, 0.1) is 0 Å². The highest BCUT2D eigenvalue weighted by Gasteiger charge is 2.47. The average molecular weight is 1460 g/mol. The summed E-state index contributed by atoms with van der Waals surface area (Å²) in [6.45, 7) is 0. The molecule has 20 aromatic rings. The molecule has 17 aromatic carbocycles. The number of nitrogens with zero attached hydrogens (tertiary/aromatic N) is 4. The highest BCUT2D eigenvalue weighted by Crippen LogP contribution is 2.37. The first kappa shape index (κ1) is 67.2. The van der Waals surface area contributed by atoms with Gasteiger partial charge in [-0.3, -0.25) is 9.13 Å². The van der Waals surface area contributed by atoms with Crippen LogP contribution in [0.3, 0.4) is 0 Å². The number of para-hydroxylation sites is 4. The summed E-state index contributed by atoms with van der Waals surface area (Å²) in [4.78, 5) is 12.4. The fourth-order valence-corrected chi connectivity index (χ4v) is 27.6. The zero-order chi connectivity index (χ0) is 74.4. The lowest BCUT2D eigenvalue weighted by Crippen LogP contribution is -2.78. The third-order valence-corrected chi connectivity index (χ3v) is 32.2. The largest absolute Gasteiger partial charge is 0.294 e. The Morgan fingerprint density at radius 3 is 0.580 bits per heavy atom. The number of fused-ring (bicyclic) bond motifs is 6. The zero-order valence-corrected chi connectivity index (χ0v) is 63.5. The standard InChI is InChI=1S/C106H74N4Si2/c1-7-33-75(34-8-1)81-45-27-51-88(65-81)111(89-52-28-46-82(66-89)76-35-9-2-10-36-76,90-53-29-47-83(67-90)77-37-11-3-12-38-77)94-71-87(106-107-104(109-100-61-23-19-57-96(100)97-58-20-24-62-101(97)109)74-105(108-106)110-102-63-25-21-59-98(102)99-60-22-26-64-103(99)110)72-95(73-94)112(91-54-30-48-84(68-91)78-39-13-4-14-40-78,92-55-31-49-85(69-92)79-41-15-5-16-42-79)93-56-32-50-86(70-93)80-43-17-6-18-44-80/h1-74H. The van der Waals surface area contributed by atoms with Gasteiger partial charge in [0.2, 0.25) is 0 Å². The molecule has 0 saturated carbocycles. The fraction of sp³-hybridized carbons (Fsp3) is 0. The van der Waals surface area contributed by atoms with E-state index in [0.29, 0.717) is 5.82 Å². The van der Waals surface area contributed by atoms with Crippen molar-refractivity contribution >= 4 is 101 Å². The van der Waals surface area contributed by atoms with Crippen LogP contribution in [0.15, 0.2) is 449 Å². The van der Waals surface area contributed by atoms with Gasteiger partial charge < -0.3 is 0 Å². The van der Waals surface area contributed by atoms with Crippen molar-refractivity contribution < 1.29 is 0 Å². The van der Waals surface area contributed by atoms with Crippen LogP contribution in [-0.4, -0.2) is 35.2 Å². The van der Waals surface area contributed by atoms with Crippen LogP contribution in [0.4, 0.5) is 0 Å². The molecule has 0 N–H and O–H groups in total. The monoisotopic (exact) mass is 1460 g/mol. The Morgan fingerprint density at radius 2 is 0.348 bits per heavy atom. The van der Waals surface area contributed by atoms with E-state index in [1.807, 2.05) is 0 Å². The topological polar surface area (TPSA) is 35.6 Å². The maximum atomic E-state index is 6.19. The van der Waals surface area contributed by atoms with E-state index in [0.717, 1.165) is 128 Å². The van der Waals surface area contributed by atoms with Crippen LogP contribution in [-0.2, 0) is 0 Å². The SMILES string of the molecule is c1ccc(-c2cccc([Si](c3cccc(-c4ccccc4)c3)(c3cccc(-c4ccccc4)c3)c3cc(-c4nc(-n5c6ccccc6c6ccccc65)cc(-n5c6ccccc6c6ccccc65)n4)cc([Si](c4cccc(-c5ccccc5)c4)(c4cccc(-c5ccccc5)c4)c4cccc(-c5ccccc5)c4)c3)c2)cc1. The van der Waals surface area contributed by atoms with Crippen LogP contribution in [0.25, 0.3) is 133 Å². The lowest BCUT2D eigenvalue weighted by molar-refractivity contribution is 0.994. The highest BCUT2D eigenvalue weighted by molar-refractivity contribution is 7.22. The smallest absolute Gasteiger partial charge is 0.179 e. The quantitative estimate of drug-likeness (QED) is 0.0673. The van der Waals surface area contributed by atoms with E-state index in [4.69, 9.17) is 9.97 Å². The Hall–Kier alpha value is -14.1. The number of hydrogen-bond acceptors (Lipinski definition) is 2. The number of benzene rings is 17. The van der Waals surface area contributed by atoms with Crippen molar-refractivity contribution in [2.45, 2.75) is 0 Å². The summed E-state index contributed by atoms with van der Waals surface area (Å²) in [6, 6.07) is 168.